The van der Waals surface area contributed by atoms with Gasteiger partial charge in [-0.3, -0.25) is 14.5 Å². The molecule has 11 rings (SSSR count). The molecule has 1 unspecified atom stereocenters. The summed E-state index contributed by atoms with van der Waals surface area (Å²) in [6.07, 6.45) is 4.87. The number of piperidine rings is 1. The largest absolute Gasteiger partial charge is 0.355 e. The van der Waals surface area contributed by atoms with Crippen LogP contribution in [0.4, 0.5) is 26.0 Å². The highest BCUT2D eigenvalue weighted by Gasteiger charge is 2.54. The highest BCUT2D eigenvalue weighted by Crippen LogP contribution is 2.50. The number of rotatable bonds is 2. The summed E-state index contributed by atoms with van der Waals surface area (Å²) in [5.41, 5.74) is 4.22. The highest BCUT2D eigenvalue weighted by molar-refractivity contribution is 6.09. The number of fused-ring (bicyclic) bond motifs is 1. The number of anilines is 3. The van der Waals surface area contributed by atoms with Gasteiger partial charge in [0.25, 0.3) is 11.8 Å². The minimum Gasteiger partial charge on any atom is -0.355 e. The number of alkyl halides is 2. The lowest BCUT2D eigenvalue weighted by molar-refractivity contribution is -0.129. The van der Waals surface area contributed by atoms with Crippen LogP contribution in [0.25, 0.3) is 22.3 Å². The topological polar surface area (TPSA) is 95.4 Å². The van der Waals surface area contributed by atoms with Crippen molar-refractivity contribution in [3.8, 4) is 11.3 Å². The van der Waals surface area contributed by atoms with Gasteiger partial charge in [-0.1, -0.05) is 24.6 Å². The zero-order valence-electron chi connectivity index (χ0n) is 28.0. The van der Waals surface area contributed by atoms with Crippen LogP contribution in [0.2, 0.25) is 0 Å². The number of amides is 2. The molecular formula is C37H41F2N7O2. The molecule has 2 aromatic carbocycles. The zero-order chi connectivity index (χ0) is 33.7. The molecule has 1 saturated heterocycles. The first-order valence-corrected chi connectivity index (χ1v) is 17.0. The van der Waals surface area contributed by atoms with E-state index in [2.05, 4.69) is 24.5 Å². The molecule has 11 heteroatoms. The van der Waals surface area contributed by atoms with E-state index in [0.29, 0.717) is 54.9 Å². The lowest BCUT2D eigenvalue weighted by Crippen LogP contribution is -2.61. The molecule has 7 aliphatic rings. The van der Waals surface area contributed by atoms with Crippen molar-refractivity contribution in [2.75, 3.05) is 23.8 Å². The van der Waals surface area contributed by atoms with E-state index in [4.69, 9.17) is 9.97 Å². The Labute approximate surface area is 278 Å². The summed E-state index contributed by atoms with van der Waals surface area (Å²) in [6.45, 7) is 8.58. The number of carbonyl (C=O) groups is 2. The van der Waals surface area contributed by atoms with Crippen molar-refractivity contribution in [2.24, 2.45) is 0 Å². The van der Waals surface area contributed by atoms with Crippen LogP contribution in [0.15, 0.2) is 48.8 Å². The molecule has 2 fully saturated rings. The average molecular weight is 654 g/mol. The molecule has 9 nitrogen and oxygen atoms in total. The van der Waals surface area contributed by atoms with Gasteiger partial charge in [-0.05, 0) is 89.8 Å². The van der Waals surface area contributed by atoms with E-state index in [9.17, 15) is 9.59 Å². The second-order valence-electron chi connectivity index (χ2n) is 14.6. The normalized spacial score (nSPS) is 24.1. The first-order chi connectivity index (χ1) is 22.9. The van der Waals surface area contributed by atoms with Crippen molar-refractivity contribution in [1.29, 1.82) is 0 Å². The number of hydrogen-bond acceptors (Lipinski definition) is 6. The van der Waals surface area contributed by atoms with Crippen molar-refractivity contribution in [2.45, 2.75) is 95.3 Å². The van der Waals surface area contributed by atoms with Gasteiger partial charge < -0.3 is 20.1 Å². The van der Waals surface area contributed by atoms with E-state index in [1.54, 1.807) is 12.4 Å². The second kappa shape index (κ2) is 10.8. The molecule has 250 valence electrons. The molecule has 1 atom stereocenters. The zero-order valence-corrected chi connectivity index (χ0v) is 28.0. The Hall–Kier alpha value is -4.38. The number of nitrogens with zero attached hydrogens (tertiary/aromatic N) is 5. The fourth-order valence-electron chi connectivity index (χ4n) is 8.37. The van der Waals surface area contributed by atoms with Gasteiger partial charge in [0.2, 0.25) is 5.91 Å². The summed E-state index contributed by atoms with van der Waals surface area (Å²) in [6, 6.07) is 11.4. The van der Waals surface area contributed by atoms with Crippen LogP contribution in [0, 0.1) is 0 Å². The molecule has 4 aromatic rings. The van der Waals surface area contributed by atoms with E-state index < -0.39 is 23.3 Å². The lowest BCUT2D eigenvalue weighted by Gasteiger charge is -2.52. The third kappa shape index (κ3) is 4.49. The number of nitrogens with one attached hydrogen (secondary N) is 2. The predicted molar refractivity (Wildman–Crippen MR) is 182 cm³/mol. The quantitative estimate of drug-likeness (QED) is 0.245. The van der Waals surface area contributed by atoms with Crippen molar-refractivity contribution >= 4 is 40.0 Å². The predicted octanol–water partition coefficient (Wildman–Crippen LogP) is 6.90. The van der Waals surface area contributed by atoms with Crippen LogP contribution in [0.3, 0.4) is 0 Å². The molecule has 0 radical (unpaired) electrons. The van der Waals surface area contributed by atoms with E-state index in [1.807, 2.05) is 52.5 Å². The fraction of sp³-hybridized carbons (Fsp3) is 0.459. The van der Waals surface area contributed by atoms with E-state index in [-0.39, 0.29) is 35.2 Å². The van der Waals surface area contributed by atoms with Gasteiger partial charge in [0.05, 0.1) is 34.6 Å². The Kier molecular flexibility index (Phi) is 6.97. The van der Waals surface area contributed by atoms with Gasteiger partial charge in [-0.25, -0.2) is 9.97 Å². The summed E-state index contributed by atoms with van der Waals surface area (Å²) < 4.78 is 35.8. The maximum absolute atomic E-state index is 16.9. The van der Waals surface area contributed by atoms with Gasteiger partial charge in [-0.2, -0.15) is 8.78 Å². The van der Waals surface area contributed by atoms with Gasteiger partial charge in [0.1, 0.15) is 5.52 Å². The first-order valence-electron chi connectivity index (χ1n) is 17.0. The maximum Gasteiger partial charge on any atom is 0.289 e. The number of benzene rings is 2. The summed E-state index contributed by atoms with van der Waals surface area (Å²) in [5.74, 6) is -3.34. The van der Waals surface area contributed by atoms with Gasteiger partial charge in [0, 0.05) is 47.7 Å². The van der Waals surface area contributed by atoms with Crippen molar-refractivity contribution in [3.05, 3.63) is 65.5 Å². The number of halogens is 2. The Morgan fingerprint density at radius 1 is 1.04 bits per heavy atom. The molecule has 2 amide bonds. The maximum atomic E-state index is 16.9. The monoisotopic (exact) mass is 653 g/mol. The summed E-state index contributed by atoms with van der Waals surface area (Å²) in [4.78, 5) is 40.9. The Morgan fingerprint density at radius 3 is 2.56 bits per heavy atom. The molecule has 1 aliphatic carbocycles. The standard InChI is InChI=1S/C37H41F2N7O2/c1-20(2)45-19-41-29-18-28-21-9-11-27-30(14-21)46(35(48)36(27,3)4)24-16-23(17-24)44-13-7-6-8-31(44)37(38,39)26-12-10-22(15-25(26)34(47)40-5)42-33(43-28)32(29)45/h9-12,14-15,18-20,23-24,31H,6-8,13,16-17H2,1-5H3,(H,40,47)(H,42,43). The highest BCUT2D eigenvalue weighted by atomic mass is 19.3. The summed E-state index contributed by atoms with van der Waals surface area (Å²) in [5, 5.41) is 5.95. The SMILES string of the molecule is CNC(=O)c1cc2ccc1C(F)(F)C1CCCCN1C1CC(C1)N1C(=O)C(C)(C)c3ccc(cc31)-c1cc3ncn(C(C)C)c3c(n1)N2. The smallest absolute Gasteiger partial charge is 0.289 e. The van der Waals surface area contributed by atoms with Crippen LogP contribution < -0.4 is 15.5 Å². The number of hydrogen-bond donors (Lipinski definition) is 2. The van der Waals surface area contributed by atoms with Crippen molar-refractivity contribution < 1.29 is 18.4 Å². The fourth-order valence-corrected chi connectivity index (χ4v) is 8.37. The van der Waals surface area contributed by atoms with Crippen LogP contribution in [0.5, 0.6) is 0 Å². The van der Waals surface area contributed by atoms with Crippen LogP contribution in [-0.2, 0) is 16.1 Å². The van der Waals surface area contributed by atoms with E-state index in [1.165, 1.54) is 19.2 Å². The van der Waals surface area contributed by atoms with Gasteiger partial charge >= 0.3 is 0 Å². The van der Waals surface area contributed by atoms with E-state index in [0.717, 1.165) is 28.8 Å². The summed E-state index contributed by atoms with van der Waals surface area (Å²) in [7, 11) is 1.46. The lowest BCUT2D eigenvalue weighted by atomic mass is 9.79. The molecule has 48 heavy (non-hydrogen) atoms. The van der Waals surface area contributed by atoms with Gasteiger partial charge in [-0.15, -0.1) is 0 Å². The van der Waals surface area contributed by atoms with Crippen molar-refractivity contribution in [1.82, 2.24) is 24.8 Å². The molecule has 1 saturated carbocycles. The van der Waals surface area contributed by atoms with Crippen LogP contribution >= 0.6 is 0 Å². The minimum absolute atomic E-state index is 0.0317. The number of aromatic nitrogens is 3. The Balaban J connectivity index is 1.36. The Bertz CT molecular complexity index is 1980. The van der Waals surface area contributed by atoms with Gasteiger partial charge in [0.15, 0.2) is 5.82 Å². The molecule has 8 heterocycles. The average Bonchev–Trinajstić information content (AvgIpc) is 3.57. The third-order valence-corrected chi connectivity index (χ3v) is 11.1. The molecule has 8 bridgehead atoms. The van der Waals surface area contributed by atoms with E-state index >= 15 is 8.78 Å². The Morgan fingerprint density at radius 2 is 1.81 bits per heavy atom. The molecular weight excluding hydrogens is 612 g/mol. The minimum atomic E-state index is -3.29. The first kappa shape index (κ1) is 30.9. The molecule has 0 spiro atoms. The second-order valence-corrected chi connectivity index (χ2v) is 14.6. The third-order valence-electron chi connectivity index (χ3n) is 11.1. The molecule has 2 N–H and O–H groups in total. The molecule has 6 aliphatic heterocycles. The number of carbonyl (C=O) groups excluding carboxylic acids is 2. The van der Waals surface area contributed by atoms with Crippen molar-refractivity contribution in [3.63, 3.8) is 0 Å². The number of pyridine rings is 1. The summed E-state index contributed by atoms with van der Waals surface area (Å²) >= 11 is 0. The molecule has 2 aromatic heterocycles. The van der Waals surface area contributed by atoms with Crippen LogP contribution in [-0.4, -0.2) is 63.0 Å². The van der Waals surface area contributed by atoms with Crippen LogP contribution in [0.1, 0.15) is 87.3 Å². The number of imidazole rings is 1.